The van der Waals surface area contributed by atoms with Crippen molar-refractivity contribution in [2.45, 2.75) is 38.8 Å². The highest BCUT2D eigenvalue weighted by Crippen LogP contribution is 2.19. The molecule has 2 aromatic carbocycles. The molecule has 2 amide bonds. The maximum Gasteiger partial charge on any atom is 0.408 e. The van der Waals surface area contributed by atoms with Crippen molar-refractivity contribution in [2.75, 3.05) is 5.32 Å². The summed E-state index contributed by atoms with van der Waals surface area (Å²) < 4.78 is 5.31. The Kier molecular flexibility index (Phi) is 6.17. The molecule has 0 saturated carbocycles. The van der Waals surface area contributed by atoms with Crippen molar-refractivity contribution in [3.05, 3.63) is 66.2 Å². The molecular formula is C20H24N2O3. The molecule has 0 radical (unpaired) electrons. The fraction of sp³-hybridized carbons (Fsp3) is 0.300. The molecule has 2 aromatic rings. The van der Waals surface area contributed by atoms with E-state index in [1.54, 1.807) is 20.8 Å². The minimum atomic E-state index is -0.600. The van der Waals surface area contributed by atoms with Crippen LogP contribution in [-0.4, -0.2) is 17.6 Å². The van der Waals surface area contributed by atoms with Gasteiger partial charge in [0.1, 0.15) is 5.60 Å². The van der Waals surface area contributed by atoms with Crippen LogP contribution in [0.1, 0.15) is 38.8 Å². The van der Waals surface area contributed by atoms with Crippen LogP contribution in [0.15, 0.2) is 60.7 Å². The van der Waals surface area contributed by atoms with E-state index in [0.29, 0.717) is 0 Å². The molecule has 0 aliphatic rings. The Morgan fingerprint density at radius 3 is 2.08 bits per heavy atom. The van der Waals surface area contributed by atoms with Gasteiger partial charge in [0, 0.05) is 5.69 Å². The number of para-hydroxylation sites is 1. The van der Waals surface area contributed by atoms with Gasteiger partial charge in [0.15, 0.2) is 0 Å². The van der Waals surface area contributed by atoms with Crippen molar-refractivity contribution in [3.63, 3.8) is 0 Å². The van der Waals surface area contributed by atoms with Crippen molar-refractivity contribution in [1.29, 1.82) is 0 Å². The normalized spacial score (nSPS) is 12.1. The molecule has 5 heteroatoms. The molecule has 0 heterocycles. The van der Waals surface area contributed by atoms with E-state index in [4.69, 9.17) is 4.74 Å². The number of hydrogen-bond donors (Lipinski definition) is 2. The van der Waals surface area contributed by atoms with Crippen molar-refractivity contribution in [2.24, 2.45) is 0 Å². The summed E-state index contributed by atoms with van der Waals surface area (Å²) in [6, 6.07) is 18.1. The Labute approximate surface area is 148 Å². The van der Waals surface area contributed by atoms with Gasteiger partial charge in [0.25, 0.3) is 0 Å². The fourth-order valence-electron chi connectivity index (χ4n) is 2.31. The summed E-state index contributed by atoms with van der Waals surface area (Å²) in [5.74, 6) is -0.184. The second-order valence-electron chi connectivity index (χ2n) is 6.73. The number of ether oxygens (including phenoxy) is 1. The lowest BCUT2D eigenvalue weighted by molar-refractivity contribution is -0.116. The molecule has 2 N–H and O–H groups in total. The summed E-state index contributed by atoms with van der Waals surface area (Å²) in [7, 11) is 0. The van der Waals surface area contributed by atoms with E-state index in [-0.39, 0.29) is 12.3 Å². The maximum absolute atomic E-state index is 12.4. The lowest BCUT2D eigenvalue weighted by Crippen LogP contribution is -2.36. The lowest BCUT2D eigenvalue weighted by atomic mass is 10.0. The van der Waals surface area contributed by atoms with Crippen LogP contribution in [-0.2, 0) is 9.53 Å². The van der Waals surface area contributed by atoms with Crippen LogP contribution in [0.2, 0.25) is 0 Å². The number of amides is 2. The number of carbonyl (C=O) groups is 2. The number of anilines is 1. The van der Waals surface area contributed by atoms with E-state index in [1.807, 2.05) is 60.7 Å². The number of hydrogen-bond acceptors (Lipinski definition) is 3. The van der Waals surface area contributed by atoms with Crippen molar-refractivity contribution >= 4 is 17.7 Å². The molecule has 0 spiro atoms. The molecule has 1 unspecified atom stereocenters. The topological polar surface area (TPSA) is 67.4 Å². The summed E-state index contributed by atoms with van der Waals surface area (Å²) in [5.41, 5.74) is 0.964. The number of alkyl carbamates (subject to hydrolysis) is 1. The van der Waals surface area contributed by atoms with Crippen LogP contribution in [0.25, 0.3) is 0 Å². The van der Waals surface area contributed by atoms with Gasteiger partial charge < -0.3 is 15.4 Å². The molecule has 25 heavy (non-hydrogen) atoms. The zero-order valence-electron chi connectivity index (χ0n) is 14.8. The maximum atomic E-state index is 12.4. The lowest BCUT2D eigenvalue weighted by Gasteiger charge is -2.23. The van der Waals surface area contributed by atoms with Gasteiger partial charge in [-0.3, -0.25) is 4.79 Å². The van der Waals surface area contributed by atoms with Gasteiger partial charge in [-0.15, -0.1) is 0 Å². The Bertz CT molecular complexity index is 694. The average molecular weight is 340 g/mol. The quantitative estimate of drug-likeness (QED) is 0.853. The van der Waals surface area contributed by atoms with Crippen molar-refractivity contribution in [1.82, 2.24) is 5.32 Å². The molecule has 0 fully saturated rings. The summed E-state index contributed by atoms with van der Waals surface area (Å²) in [6.45, 7) is 5.39. The Hall–Kier alpha value is -2.82. The first-order valence-electron chi connectivity index (χ1n) is 8.23. The van der Waals surface area contributed by atoms with Gasteiger partial charge in [0.05, 0.1) is 12.5 Å². The highest BCUT2D eigenvalue weighted by atomic mass is 16.6. The van der Waals surface area contributed by atoms with Gasteiger partial charge >= 0.3 is 6.09 Å². The molecule has 0 aromatic heterocycles. The number of nitrogens with one attached hydrogen (secondary N) is 2. The second-order valence-corrected chi connectivity index (χ2v) is 6.73. The number of rotatable bonds is 5. The van der Waals surface area contributed by atoms with Gasteiger partial charge in [-0.1, -0.05) is 48.5 Å². The highest BCUT2D eigenvalue weighted by Gasteiger charge is 2.22. The van der Waals surface area contributed by atoms with E-state index < -0.39 is 17.7 Å². The first kappa shape index (κ1) is 18.5. The molecule has 0 aliphatic carbocycles. The standard InChI is InChI=1S/C20H24N2O3/c1-20(2,3)25-19(24)22-17(15-10-6-4-7-11-15)14-18(23)21-16-12-8-5-9-13-16/h4-13,17H,14H2,1-3H3,(H,21,23)(H,22,24). The van der Waals surface area contributed by atoms with Gasteiger partial charge in [-0.25, -0.2) is 4.79 Å². The van der Waals surface area contributed by atoms with E-state index in [9.17, 15) is 9.59 Å². The summed E-state index contributed by atoms with van der Waals surface area (Å²) in [4.78, 5) is 24.5. The predicted octanol–water partition coefficient (Wildman–Crippen LogP) is 4.28. The third-order valence-electron chi connectivity index (χ3n) is 3.34. The Balaban J connectivity index is 2.07. The Morgan fingerprint density at radius 1 is 0.960 bits per heavy atom. The average Bonchev–Trinajstić information content (AvgIpc) is 2.54. The largest absolute Gasteiger partial charge is 0.444 e. The zero-order valence-corrected chi connectivity index (χ0v) is 14.8. The summed E-state index contributed by atoms with van der Waals surface area (Å²) in [6.07, 6.45) is -0.438. The third-order valence-corrected chi connectivity index (χ3v) is 3.34. The predicted molar refractivity (Wildman–Crippen MR) is 98.2 cm³/mol. The minimum absolute atomic E-state index is 0.109. The van der Waals surface area contributed by atoms with E-state index in [2.05, 4.69) is 10.6 Å². The van der Waals surface area contributed by atoms with Crippen LogP contribution in [0.5, 0.6) is 0 Å². The number of carbonyl (C=O) groups excluding carboxylic acids is 2. The van der Waals surface area contributed by atoms with E-state index >= 15 is 0 Å². The first-order valence-corrected chi connectivity index (χ1v) is 8.23. The van der Waals surface area contributed by atoms with Crippen molar-refractivity contribution in [3.8, 4) is 0 Å². The molecule has 0 saturated heterocycles. The smallest absolute Gasteiger partial charge is 0.408 e. The van der Waals surface area contributed by atoms with Gasteiger partial charge in [0.2, 0.25) is 5.91 Å². The Morgan fingerprint density at radius 2 is 1.52 bits per heavy atom. The SMILES string of the molecule is CC(C)(C)OC(=O)NC(CC(=O)Nc1ccccc1)c1ccccc1. The molecule has 132 valence electrons. The van der Waals surface area contributed by atoms with Crippen molar-refractivity contribution < 1.29 is 14.3 Å². The summed E-state index contributed by atoms with van der Waals surface area (Å²) in [5, 5.41) is 5.62. The molecule has 0 bridgehead atoms. The second kappa shape index (κ2) is 8.33. The van der Waals surface area contributed by atoms with Crippen LogP contribution >= 0.6 is 0 Å². The van der Waals surface area contributed by atoms with Crippen LogP contribution in [0, 0.1) is 0 Å². The molecule has 0 aliphatic heterocycles. The monoisotopic (exact) mass is 340 g/mol. The molecule has 2 rings (SSSR count). The highest BCUT2D eigenvalue weighted by molar-refractivity contribution is 5.91. The fourth-order valence-corrected chi connectivity index (χ4v) is 2.31. The number of benzene rings is 2. The zero-order chi connectivity index (χ0) is 18.3. The van der Waals surface area contributed by atoms with Gasteiger partial charge in [-0.2, -0.15) is 0 Å². The summed E-state index contributed by atoms with van der Waals surface area (Å²) >= 11 is 0. The van der Waals surface area contributed by atoms with Gasteiger partial charge in [-0.05, 0) is 38.5 Å². The van der Waals surface area contributed by atoms with E-state index in [0.717, 1.165) is 11.3 Å². The minimum Gasteiger partial charge on any atom is -0.444 e. The third kappa shape index (κ3) is 6.67. The molecule has 1 atom stereocenters. The molecular weight excluding hydrogens is 316 g/mol. The van der Waals surface area contributed by atoms with Crippen LogP contribution < -0.4 is 10.6 Å². The van der Waals surface area contributed by atoms with E-state index in [1.165, 1.54) is 0 Å². The van der Waals surface area contributed by atoms with Crippen LogP contribution in [0.3, 0.4) is 0 Å². The first-order chi connectivity index (χ1) is 11.8. The van der Waals surface area contributed by atoms with Crippen LogP contribution in [0.4, 0.5) is 10.5 Å². The molecule has 5 nitrogen and oxygen atoms in total.